The third kappa shape index (κ3) is 5.68. The lowest BCUT2D eigenvalue weighted by atomic mass is 9.98. The van der Waals surface area contributed by atoms with Crippen LogP contribution in [0.25, 0.3) is 0 Å². The van der Waals surface area contributed by atoms with E-state index in [0.717, 1.165) is 0 Å². The first-order valence-electron chi connectivity index (χ1n) is 9.35. The molecule has 1 aromatic rings. The van der Waals surface area contributed by atoms with Crippen LogP contribution in [0.5, 0.6) is 5.75 Å². The number of benzene rings is 1. The van der Waals surface area contributed by atoms with Crippen LogP contribution in [-0.4, -0.2) is 69.3 Å². The lowest BCUT2D eigenvalue weighted by Crippen LogP contribution is -2.46. The molecule has 0 radical (unpaired) electrons. The Kier molecular flexibility index (Phi) is 7.42. The van der Waals surface area contributed by atoms with Gasteiger partial charge in [0.05, 0.1) is 10.8 Å². The predicted octanol–water partition coefficient (Wildman–Crippen LogP) is 1.08. The average Bonchev–Trinajstić information content (AvgIpc) is 2.65. The largest absolute Gasteiger partial charge is 0.484 e. The highest BCUT2D eigenvalue weighted by atomic mass is 32.2. The fraction of sp³-hybridized carbons (Fsp3) is 0.579. The molecule has 1 heterocycles. The molecule has 28 heavy (non-hydrogen) atoms. The summed E-state index contributed by atoms with van der Waals surface area (Å²) in [4.78, 5) is 25.4. The molecule has 9 heteroatoms. The molecule has 1 aliphatic heterocycles. The summed E-state index contributed by atoms with van der Waals surface area (Å²) in [7, 11) is -0.429. The van der Waals surface area contributed by atoms with Crippen LogP contribution in [0.3, 0.4) is 0 Å². The van der Waals surface area contributed by atoms with Crippen molar-refractivity contribution in [1.29, 1.82) is 0 Å². The molecule has 0 bridgehead atoms. The smallest absolute Gasteiger partial charge is 0.259 e. The van der Waals surface area contributed by atoms with Crippen molar-refractivity contribution in [3.63, 3.8) is 0 Å². The van der Waals surface area contributed by atoms with Crippen LogP contribution in [0.15, 0.2) is 29.2 Å². The third-order valence-electron chi connectivity index (χ3n) is 4.51. The number of amides is 2. The zero-order chi connectivity index (χ0) is 20.9. The van der Waals surface area contributed by atoms with Gasteiger partial charge in [-0.15, -0.1) is 0 Å². The van der Waals surface area contributed by atoms with Gasteiger partial charge in [0.15, 0.2) is 6.61 Å². The number of rotatable bonds is 7. The minimum atomic E-state index is -3.70. The molecule has 1 aliphatic rings. The van der Waals surface area contributed by atoms with Gasteiger partial charge in [-0.2, -0.15) is 4.31 Å². The van der Waals surface area contributed by atoms with Crippen molar-refractivity contribution in [1.82, 2.24) is 14.5 Å². The molecule has 2 rings (SSSR count). The van der Waals surface area contributed by atoms with E-state index in [1.165, 1.54) is 33.5 Å². The molecular formula is C19H29N3O5S. The van der Waals surface area contributed by atoms with E-state index in [1.54, 1.807) is 14.1 Å². The maximum absolute atomic E-state index is 12.9. The molecule has 0 aromatic heterocycles. The number of hydrogen-bond donors (Lipinski definition) is 1. The van der Waals surface area contributed by atoms with Gasteiger partial charge in [-0.25, -0.2) is 8.42 Å². The summed E-state index contributed by atoms with van der Waals surface area (Å²) in [5, 5.41) is 2.85. The zero-order valence-corrected chi connectivity index (χ0v) is 17.7. The van der Waals surface area contributed by atoms with Crippen LogP contribution >= 0.6 is 0 Å². The molecule has 0 aliphatic carbocycles. The van der Waals surface area contributed by atoms with Gasteiger partial charge in [0.25, 0.3) is 5.91 Å². The van der Waals surface area contributed by atoms with Gasteiger partial charge in [0, 0.05) is 33.2 Å². The Morgan fingerprint density at radius 3 is 2.46 bits per heavy atom. The second-order valence-electron chi connectivity index (χ2n) is 7.41. The van der Waals surface area contributed by atoms with E-state index in [2.05, 4.69) is 5.32 Å². The average molecular weight is 412 g/mol. The van der Waals surface area contributed by atoms with Crippen molar-refractivity contribution >= 4 is 21.8 Å². The van der Waals surface area contributed by atoms with Gasteiger partial charge in [-0.05, 0) is 51.0 Å². The summed E-state index contributed by atoms with van der Waals surface area (Å²) >= 11 is 0. The topological polar surface area (TPSA) is 96.0 Å². The van der Waals surface area contributed by atoms with Crippen LogP contribution < -0.4 is 10.1 Å². The molecular weight excluding hydrogens is 382 g/mol. The minimum Gasteiger partial charge on any atom is -0.484 e. The van der Waals surface area contributed by atoms with E-state index < -0.39 is 10.0 Å². The van der Waals surface area contributed by atoms with Crippen molar-refractivity contribution in [2.45, 2.75) is 37.6 Å². The van der Waals surface area contributed by atoms with E-state index in [4.69, 9.17) is 4.74 Å². The molecule has 1 atom stereocenters. The monoisotopic (exact) mass is 411 g/mol. The first kappa shape index (κ1) is 22.2. The quantitative estimate of drug-likeness (QED) is 0.724. The maximum atomic E-state index is 12.9. The standard InChI is InChI=1S/C19H29N3O5S/c1-14(2)20-19(24)15-6-5-11-22(12-15)28(25,26)17-9-7-16(8-10-17)27-13-18(23)21(3)4/h7-10,14-15H,5-6,11-13H2,1-4H3,(H,20,24)/t15-/m0/s1. The Balaban J connectivity index is 2.05. The second-order valence-corrected chi connectivity index (χ2v) is 9.35. The molecule has 1 saturated heterocycles. The Labute approximate surface area is 166 Å². The third-order valence-corrected chi connectivity index (χ3v) is 6.39. The fourth-order valence-corrected chi connectivity index (χ4v) is 4.43. The summed E-state index contributed by atoms with van der Waals surface area (Å²) < 4.78 is 32.6. The van der Waals surface area contributed by atoms with E-state index in [9.17, 15) is 18.0 Å². The number of piperidine rings is 1. The highest BCUT2D eigenvalue weighted by Gasteiger charge is 2.33. The van der Waals surface area contributed by atoms with Crippen molar-refractivity contribution < 1.29 is 22.7 Å². The number of likely N-dealkylation sites (N-methyl/N-ethyl adjacent to an activating group) is 1. The lowest BCUT2D eigenvalue weighted by molar-refractivity contribution is -0.130. The number of nitrogens with zero attached hydrogens (tertiary/aromatic N) is 2. The fourth-order valence-electron chi connectivity index (χ4n) is 2.91. The first-order chi connectivity index (χ1) is 13.1. The van der Waals surface area contributed by atoms with Crippen molar-refractivity contribution in [2.75, 3.05) is 33.8 Å². The van der Waals surface area contributed by atoms with Crippen LogP contribution in [0.4, 0.5) is 0 Å². The van der Waals surface area contributed by atoms with Crippen LogP contribution in [-0.2, 0) is 19.6 Å². The van der Waals surface area contributed by atoms with Gasteiger partial charge in [-0.3, -0.25) is 9.59 Å². The molecule has 156 valence electrons. The zero-order valence-electron chi connectivity index (χ0n) is 16.8. The van der Waals surface area contributed by atoms with Gasteiger partial charge in [0.1, 0.15) is 5.75 Å². The molecule has 1 N–H and O–H groups in total. The summed E-state index contributed by atoms with van der Waals surface area (Å²) in [5.74, 6) is -0.215. The van der Waals surface area contributed by atoms with E-state index in [1.807, 2.05) is 13.8 Å². The van der Waals surface area contributed by atoms with Gasteiger partial charge in [0.2, 0.25) is 15.9 Å². The molecule has 8 nitrogen and oxygen atoms in total. The lowest BCUT2D eigenvalue weighted by Gasteiger charge is -2.31. The number of nitrogens with one attached hydrogen (secondary N) is 1. The Hall–Kier alpha value is -2.13. The number of hydrogen-bond acceptors (Lipinski definition) is 5. The van der Waals surface area contributed by atoms with Crippen LogP contribution in [0, 0.1) is 5.92 Å². The first-order valence-corrected chi connectivity index (χ1v) is 10.8. The van der Waals surface area contributed by atoms with Crippen molar-refractivity contribution in [2.24, 2.45) is 5.92 Å². The number of carbonyl (C=O) groups is 2. The second kappa shape index (κ2) is 9.38. The van der Waals surface area contributed by atoms with E-state index >= 15 is 0 Å². The van der Waals surface area contributed by atoms with Crippen molar-refractivity contribution in [3.8, 4) is 5.75 Å². The summed E-state index contributed by atoms with van der Waals surface area (Å²) in [6.07, 6.45) is 1.32. The maximum Gasteiger partial charge on any atom is 0.259 e. The minimum absolute atomic E-state index is 0.0198. The highest BCUT2D eigenvalue weighted by molar-refractivity contribution is 7.89. The number of sulfonamides is 1. The molecule has 1 aromatic carbocycles. The number of ether oxygens (including phenoxy) is 1. The summed E-state index contributed by atoms with van der Waals surface area (Å²) in [6, 6.07) is 6.00. The van der Waals surface area contributed by atoms with Gasteiger partial charge in [-0.1, -0.05) is 0 Å². The molecule has 0 spiro atoms. The van der Waals surface area contributed by atoms with Crippen LogP contribution in [0.2, 0.25) is 0 Å². The molecule has 0 unspecified atom stereocenters. The Morgan fingerprint density at radius 2 is 1.89 bits per heavy atom. The predicted molar refractivity (Wildman–Crippen MR) is 105 cm³/mol. The summed E-state index contributed by atoms with van der Waals surface area (Å²) in [5.41, 5.74) is 0. The van der Waals surface area contributed by atoms with E-state index in [-0.39, 0.29) is 41.8 Å². The molecule has 1 fully saturated rings. The molecule has 2 amide bonds. The highest BCUT2D eigenvalue weighted by Crippen LogP contribution is 2.25. The SMILES string of the molecule is CC(C)NC(=O)[C@H]1CCCN(S(=O)(=O)c2ccc(OCC(=O)N(C)C)cc2)C1. The number of carbonyl (C=O) groups excluding carboxylic acids is 2. The summed E-state index contributed by atoms with van der Waals surface area (Å²) in [6.45, 7) is 4.22. The Morgan fingerprint density at radius 1 is 1.25 bits per heavy atom. The van der Waals surface area contributed by atoms with Gasteiger partial charge < -0.3 is 15.0 Å². The van der Waals surface area contributed by atoms with E-state index in [0.29, 0.717) is 25.1 Å². The molecule has 0 saturated carbocycles. The van der Waals surface area contributed by atoms with Crippen LogP contribution in [0.1, 0.15) is 26.7 Å². The van der Waals surface area contributed by atoms with Crippen molar-refractivity contribution in [3.05, 3.63) is 24.3 Å². The normalized spacial score (nSPS) is 18.0. The Bertz CT molecular complexity index is 790. The van der Waals surface area contributed by atoms with Gasteiger partial charge >= 0.3 is 0 Å².